The van der Waals surface area contributed by atoms with Gasteiger partial charge >= 0.3 is 5.97 Å². The zero-order valence-electron chi connectivity index (χ0n) is 10.1. The van der Waals surface area contributed by atoms with E-state index in [1.807, 2.05) is 6.26 Å². The molecule has 0 atom stereocenters. The maximum absolute atomic E-state index is 11.8. The molecule has 94 valence electrons. The third kappa shape index (κ3) is 3.37. The lowest BCUT2D eigenvalue weighted by Crippen LogP contribution is -2.08. The number of benzene rings is 1. The number of hydrogen-bond donors (Lipinski definition) is 0. The van der Waals surface area contributed by atoms with E-state index in [-0.39, 0.29) is 5.97 Å². The molecule has 0 N–H and O–H groups in total. The Morgan fingerprint density at radius 1 is 1.47 bits per heavy atom. The zero-order chi connectivity index (χ0) is 12.8. The standard InChI is InChI=1S/C12H15ClO3S/c1-4-16-12(14)8-5-6-10(13)9(7-15-2)11(8)17-3/h5-6H,4,7H2,1-3H3. The third-order valence-electron chi connectivity index (χ3n) is 2.19. The molecule has 3 nitrogen and oxygen atoms in total. The highest BCUT2D eigenvalue weighted by molar-refractivity contribution is 7.98. The van der Waals surface area contributed by atoms with E-state index >= 15 is 0 Å². The minimum Gasteiger partial charge on any atom is -0.462 e. The fourth-order valence-electron chi connectivity index (χ4n) is 1.49. The molecule has 0 spiro atoms. The molecule has 0 saturated heterocycles. The second-order valence-corrected chi connectivity index (χ2v) is 4.48. The number of ether oxygens (including phenoxy) is 2. The molecule has 0 aliphatic rings. The van der Waals surface area contributed by atoms with Crippen molar-refractivity contribution in [1.82, 2.24) is 0 Å². The summed E-state index contributed by atoms with van der Waals surface area (Å²) in [6, 6.07) is 3.38. The maximum atomic E-state index is 11.8. The Hall–Kier alpha value is -0.710. The summed E-state index contributed by atoms with van der Waals surface area (Å²) in [6.07, 6.45) is 1.90. The van der Waals surface area contributed by atoms with Crippen molar-refractivity contribution in [1.29, 1.82) is 0 Å². The number of esters is 1. The van der Waals surface area contributed by atoms with Crippen LogP contribution in [0.4, 0.5) is 0 Å². The van der Waals surface area contributed by atoms with Crippen molar-refractivity contribution in [3.63, 3.8) is 0 Å². The molecule has 1 aromatic rings. The lowest BCUT2D eigenvalue weighted by atomic mass is 10.1. The average Bonchev–Trinajstić information content (AvgIpc) is 2.32. The molecule has 0 fully saturated rings. The number of methoxy groups -OCH3 is 1. The second-order valence-electron chi connectivity index (χ2n) is 3.26. The fraction of sp³-hybridized carbons (Fsp3) is 0.417. The van der Waals surface area contributed by atoms with E-state index in [1.54, 1.807) is 26.2 Å². The van der Waals surface area contributed by atoms with E-state index in [4.69, 9.17) is 21.1 Å². The largest absolute Gasteiger partial charge is 0.462 e. The molecular weight excluding hydrogens is 260 g/mol. The van der Waals surface area contributed by atoms with Crippen molar-refractivity contribution in [3.05, 3.63) is 28.3 Å². The van der Waals surface area contributed by atoms with Crippen LogP contribution in [-0.2, 0) is 16.1 Å². The van der Waals surface area contributed by atoms with Crippen LogP contribution in [-0.4, -0.2) is 25.9 Å². The van der Waals surface area contributed by atoms with Crippen LogP contribution >= 0.6 is 23.4 Å². The van der Waals surface area contributed by atoms with Crippen LogP contribution in [0.2, 0.25) is 5.02 Å². The van der Waals surface area contributed by atoms with Gasteiger partial charge in [0.15, 0.2) is 0 Å². The normalized spacial score (nSPS) is 10.4. The summed E-state index contributed by atoms with van der Waals surface area (Å²) >= 11 is 7.56. The molecule has 0 heterocycles. The van der Waals surface area contributed by atoms with Gasteiger partial charge in [0.1, 0.15) is 0 Å². The SMILES string of the molecule is CCOC(=O)c1ccc(Cl)c(COC)c1SC. The molecule has 0 aliphatic heterocycles. The number of carbonyl (C=O) groups excluding carboxylic acids is 1. The van der Waals surface area contributed by atoms with Gasteiger partial charge in [-0.1, -0.05) is 11.6 Å². The lowest BCUT2D eigenvalue weighted by Gasteiger charge is -2.13. The summed E-state index contributed by atoms with van der Waals surface area (Å²) in [4.78, 5) is 12.6. The topological polar surface area (TPSA) is 35.5 Å². The minimum atomic E-state index is -0.328. The monoisotopic (exact) mass is 274 g/mol. The van der Waals surface area contributed by atoms with Gasteiger partial charge in [0.05, 0.1) is 18.8 Å². The fourth-order valence-corrected chi connectivity index (χ4v) is 2.54. The Morgan fingerprint density at radius 2 is 2.18 bits per heavy atom. The molecule has 0 radical (unpaired) electrons. The Bertz CT molecular complexity index is 407. The molecule has 1 aromatic carbocycles. The van der Waals surface area contributed by atoms with Gasteiger partial charge in [0.25, 0.3) is 0 Å². The van der Waals surface area contributed by atoms with Gasteiger partial charge in [-0.15, -0.1) is 11.8 Å². The van der Waals surface area contributed by atoms with E-state index in [1.165, 1.54) is 11.8 Å². The van der Waals surface area contributed by atoms with Crippen LogP contribution < -0.4 is 0 Å². The molecular formula is C12H15ClO3S. The van der Waals surface area contributed by atoms with Crippen LogP contribution in [0.1, 0.15) is 22.8 Å². The van der Waals surface area contributed by atoms with Crippen molar-refractivity contribution in [2.24, 2.45) is 0 Å². The predicted molar refractivity (Wildman–Crippen MR) is 69.9 cm³/mol. The minimum absolute atomic E-state index is 0.328. The maximum Gasteiger partial charge on any atom is 0.339 e. The van der Waals surface area contributed by atoms with Gasteiger partial charge in [-0.2, -0.15) is 0 Å². The number of rotatable bonds is 5. The predicted octanol–water partition coefficient (Wildman–Crippen LogP) is 3.39. The van der Waals surface area contributed by atoms with Gasteiger partial charge < -0.3 is 9.47 Å². The summed E-state index contributed by atoms with van der Waals surface area (Å²) in [5, 5.41) is 0.601. The number of hydrogen-bond acceptors (Lipinski definition) is 4. The Balaban J connectivity index is 3.22. The molecule has 0 aliphatic carbocycles. The average molecular weight is 275 g/mol. The van der Waals surface area contributed by atoms with Crippen LogP contribution in [0.5, 0.6) is 0 Å². The van der Waals surface area contributed by atoms with Crippen molar-refractivity contribution in [2.45, 2.75) is 18.4 Å². The van der Waals surface area contributed by atoms with Gasteiger partial charge in [-0.05, 0) is 25.3 Å². The Labute approximate surface area is 110 Å². The summed E-state index contributed by atoms with van der Waals surface area (Å²) in [5.41, 5.74) is 1.36. The zero-order valence-corrected chi connectivity index (χ0v) is 11.7. The van der Waals surface area contributed by atoms with Gasteiger partial charge in [0.2, 0.25) is 0 Å². The summed E-state index contributed by atoms with van der Waals surface area (Å²) in [6.45, 7) is 2.51. The second kappa shape index (κ2) is 6.89. The van der Waals surface area contributed by atoms with Crippen molar-refractivity contribution in [3.8, 4) is 0 Å². The van der Waals surface area contributed by atoms with E-state index < -0.39 is 0 Å². The summed E-state index contributed by atoms with van der Waals surface area (Å²) in [7, 11) is 1.59. The highest BCUT2D eigenvalue weighted by Crippen LogP contribution is 2.31. The van der Waals surface area contributed by atoms with E-state index in [0.29, 0.717) is 23.8 Å². The molecule has 0 amide bonds. The van der Waals surface area contributed by atoms with Crippen molar-refractivity contribution < 1.29 is 14.3 Å². The number of carbonyl (C=O) groups is 1. The molecule has 5 heteroatoms. The van der Waals surface area contributed by atoms with E-state index in [0.717, 1.165) is 10.5 Å². The van der Waals surface area contributed by atoms with Crippen LogP contribution in [0.3, 0.4) is 0 Å². The number of halogens is 1. The molecule has 0 unspecified atom stereocenters. The quantitative estimate of drug-likeness (QED) is 0.609. The van der Waals surface area contributed by atoms with Crippen LogP contribution in [0.25, 0.3) is 0 Å². The summed E-state index contributed by atoms with van der Waals surface area (Å²) in [5.74, 6) is -0.328. The van der Waals surface area contributed by atoms with Gasteiger partial charge in [0, 0.05) is 22.6 Å². The smallest absolute Gasteiger partial charge is 0.339 e. The molecule has 0 bridgehead atoms. The first-order valence-corrected chi connectivity index (χ1v) is 6.77. The molecule has 17 heavy (non-hydrogen) atoms. The molecule has 0 aromatic heterocycles. The molecule has 0 saturated carbocycles. The highest BCUT2D eigenvalue weighted by atomic mass is 35.5. The van der Waals surface area contributed by atoms with Gasteiger partial charge in [-0.25, -0.2) is 4.79 Å². The Kier molecular flexibility index (Phi) is 5.82. The van der Waals surface area contributed by atoms with Crippen LogP contribution in [0.15, 0.2) is 17.0 Å². The first-order chi connectivity index (χ1) is 8.15. The van der Waals surface area contributed by atoms with Gasteiger partial charge in [-0.3, -0.25) is 0 Å². The lowest BCUT2D eigenvalue weighted by molar-refractivity contribution is 0.0521. The van der Waals surface area contributed by atoms with Crippen LogP contribution in [0, 0.1) is 0 Å². The first kappa shape index (κ1) is 14.4. The molecule has 1 rings (SSSR count). The number of thioether (sulfide) groups is 1. The highest BCUT2D eigenvalue weighted by Gasteiger charge is 2.17. The summed E-state index contributed by atoms with van der Waals surface area (Å²) < 4.78 is 10.1. The van der Waals surface area contributed by atoms with E-state index in [9.17, 15) is 4.79 Å². The van der Waals surface area contributed by atoms with E-state index in [2.05, 4.69) is 0 Å². The van der Waals surface area contributed by atoms with Crippen molar-refractivity contribution in [2.75, 3.05) is 20.0 Å². The van der Waals surface area contributed by atoms with Crippen molar-refractivity contribution >= 4 is 29.3 Å². The first-order valence-electron chi connectivity index (χ1n) is 5.17. The third-order valence-corrected chi connectivity index (χ3v) is 3.42. The Morgan fingerprint density at radius 3 is 2.71 bits per heavy atom.